The van der Waals surface area contributed by atoms with E-state index < -0.39 is 0 Å². The number of anilines is 1. The van der Waals surface area contributed by atoms with E-state index in [1.165, 1.54) is 0 Å². The molecular weight excluding hydrogens is 318 g/mol. The van der Waals surface area contributed by atoms with Gasteiger partial charge in [0.15, 0.2) is 0 Å². The largest absolute Gasteiger partial charge is 0.497 e. The van der Waals surface area contributed by atoms with E-state index in [4.69, 9.17) is 4.74 Å². The number of rotatable bonds is 4. The van der Waals surface area contributed by atoms with Crippen LogP contribution in [0.2, 0.25) is 0 Å². The number of aromatic nitrogens is 4. The van der Waals surface area contributed by atoms with Gasteiger partial charge in [-0.2, -0.15) is 0 Å². The highest BCUT2D eigenvalue weighted by Gasteiger charge is 2.24. The third-order valence-corrected chi connectivity index (χ3v) is 4.76. The van der Waals surface area contributed by atoms with Gasteiger partial charge in [0, 0.05) is 30.4 Å². The van der Waals surface area contributed by atoms with E-state index in [0.29, 0.717) is 5.69 Å². The first kappa shape index (κ1) is 15.8. The lowest BCUT2D eigenvalue weighted by atomic mass is 10.0. The fourth-order valence-electron chi connectivity index (χ4n) is 3.47. The molecule has 0 spiro atoms. The summed E-state index contributed by atoms with van der Waals surface area (Å²) >= 11 is 0. The van der Waals surface area contributed by atoms with Crippen LogP contribution >= 0.6 is 0 Å². The molecule has 3 aromatic rings. The van der Waals surface area contributed by atoms with Crippen LogP contribution in [0.5, 0.6) is 5.75 Å². The summed E-state index contributed by atoms with van der Waals surface area (Å²) in [6.07, 6.45) is 5.82. The van der Waals surface area contributed by atoms with E-state index in [1.807, 2.05) is 35.3 Å². The minimum atomic E-state index is -0.0782. The fraction of sp³-hybridized carbons (Fsp3) is 0.389. The zero-order valence-electron chi connectivity index (χ0n) is 14.2. The number of methoxy groups -OCH3 is 1. The number of nitrogens with zero attached hydrogens (tertiary/aromatic N) is 5. The van der Waals surface area contributed by atoms with Gasteiger partial charge in [-0.25, -0.2) is 4.68 Å². The average Bonchev–Trinajstić information content (AvgIpc) is 3.16. The molecule has 130 valence electrons. The molecule has 0 aliphatic carbocycles. The van der Waals surface area contributed by atoms with Crippen molar-refractivity contribution in [1.82, 2.24) is 20.0 Å². The fourth-order valence-corrected chi connectivity index (χ4v) is 3.47. The smallest absolute Gasteiger partial charge is 0.119 e. The number of benzene rings is 1. The predicted octanol–water partition coefficient (Wildman–Crippen LogP) is 2.17. The minimum Gasteiger partial charge on any atom is -0.497 e. The SMILES string of the molecule is COc1ccc2nccc(N3CCCC(n4cc(CO)nn4)C3)c2c1. The van der Waals surface area contributed by atoms with E-state index in [2.05, 4.69) is 26.3 Å². The van der Waals surface area contributed by atoms with Crippen LogP contribution in [0.4, 0.5) is 5.69 Å². The van der Waals surface area contributed by atoms with Crippen LogP contribution in [-0.2, 0) is 6.61 Å². The molecule has 4 rings (SSSR count). The van der Waals surface area contributed by atoms with E-state index in [1.54, 1.807) is 7.11 Å². The first-order valence-corrected chi connectivity index (χ1v) is 8.48. The summed E-state index contributed by atoms with van der Waals surface area (Å²) in [5.74, 6) is 0.833. The molecule has 2 aromatic heterocycles. The standard InChI is InChI=1S/C18H21N5O2/c1-25-15-4-5-17-16(9-15)18(6-7-19-17)22-8-2-3-14(11-22)23-10-13(12-24)20-21-23/h4-7,9-10,14,24H,2-3,8,11-12H2,1H3. The molecule has 0 amide bonds. The van der Waals surface area contributed by atoms with Gasteiger partial charge in [0.1, 0.15) is 11.4 Å². The van der Waals surface area contributed by atoms with Crippen LogP contribution in [0.15, 0.2) is 36.7 Å². The molecule has 1 atom stereocenters. The number of pyridine rings is 1. The van der Waals surface area contributed by atoms with Crippen molar-refractivity contribution in [1.29, 1.82) is 0 Å². The van der Waals surface area contributed by atoms with E-state index in [9.17, 15) is 5.11 Å². The highest BCUT2D eigenvalue weighted by atomic mass is 16.5. The van der Waals surface area contributed by atoms with Gasteiger partial charge < -0.3 is 14.7 Å². The van der Waals surface area contributed by atoms with Gasteiger partial charge in [0.25, 0.3) is 0 Å². The van der Waals surface area contributed by atoms with Crippen molar-refractivity contribution in [3.8, 4) is 5.75 Å². The number of aliphatic hydroxyl groups excluding tert-OH is 1. The Kier molecular flexibility index (Phi) is 4.23. The van der Waals surface area contributed by atoms with Crippen molar-refractivity contribution < 1.29 is 9.84 Å². The summed E-state index contributed by atoms with van der Waals surface area (Å²) in [5.41, 5.74) is 2.73. The number of aliphatic hydroxyl groups is 1. The highest BCUT2D eigenvalue weighted by Crippen LogP contribution is 2.32. The second-order valence-electron chi connectivity index (χ2n) is 6.30. The molecule has 25 heavy (non-hydrogen) atoms. The van der Waals surface area contributed by atoms with Crippen molar-refractivity contribution in [2.24, 2.45) is 0 Å². The molecular formula is C18H21N5O2. The molecule has 1 fully saturated rings. The van der Waals surface area contributed by atoms with Gasteiger partial charge in [0.05, 0.1) is 31.5 Å². The van der Waals surface area contributed by atoms with Crippen molar-refractivity contribution in [2.75, 3.05) is 25.1 Å². The van der Waals surface area contributed by atoms with Gasteiger partial charge in [-0.05, 0) is 37.1 Å². The lowest BCUT2D eigenvalue weighted by Crippen LogP contribution is -2.37. The summed E-state index contributed by atoms with van der Waals surface area (Å²) < 4.78 is 7.25. The van der Waals surface area contributed by atoms with Crippen LogP contribution in [0.3, 0.4) is 0 Å². The van der Waals surface area contributed by atoms with E-state index >= 15 is 0 Å². The third-order valence-electron chi connectivity index (χ3n) is 4.76. The molecule has 1 aliphatic rings. The maximum Gasteiger partial charge on any atom is 0.119 e. The summed E-state index contributed by atoms with van der Waals surface area (Å²) in [7, 11) is 1.68. The second kappa shape index (κ2) is 6.68. The molecule has 0 radical (unpaired) electrons. The lowest BCUT2D eigenvalue weighted by Gasteiger charge is -2.34. The van der Waals surface area contributed by atoms with Crippen molar-refractivity contribution in [3.63, 3.8) is 0 Å². The van der Waals surface area contributed by atoms with Gasteiger partial charge in [-0.15, -0.1) is 5.10 Å². The maximum absolute atomic E-state index is 9.20. The van der Waals surface area contributed by atoms with Gasteiger partial charge in [-0.1, -0.05) is 5.21 Å². The Labute approximate surface area is 145 Å². The normalized spacial score (nSPS) is 17.8. The Morgan fingerprint density at radius 3 is 3.04 bits per heavy atom. The summed E-state index contributed by atoms with van der Waals surface area (Å²) in [6.45, 7) is 1.77. The zero-order valence-corrected chi connectivity index (χ0v) is 14.2. The summed E-state index contributed by atoms with van der Waals surface area (Å²) in [5, 5.41) is 18.5. The Hall–Kier alpha value is -2.67. The maximum atomic E-state index is 9.20. The Balaban J connectivity index is 1.66. The molecule has 1 saturated heterocycles. The van der Waals surface area contributed by atoms with Crippen LogP contribution in [0.25, 0.3) is 10.9 Å². The quantitative estimate of drug-likeness (QED) is 0.785. The Morgan fingerprint density at radius 1 is 1.32 bits per heavy atom. The van der Waals surface area contributed by atoms with Crippen molar-refractivity contribution >= 4 is 16.6 Å². The zero-order chi connectivity index (χ0) is 17.2. The van der Waals surface area contributed by atoms with Crippen LogP contribution in [0.1, 0.15) is 24.6 Å². The lowest BCUT2D eigenvalue weighted by molar-refractivity contribution is 0.276. The second-order valence-corrected chi connectivity index (χ2v) is 6.30. The Morgan fingerprint density at radius 2 is 2.24 bits per heavy atom. The molecule has 7 nitrogen and oxygen atoms in total. The van der Waals surface area contributed by atoms with Crippen LogP contribution in [0, 0.1) is 0 Å². The molecule has 7 heteroatoms. The van der Waals surface area contributed by atoms with Crippen LogP contribution < -0.4 is 9.64 Å². The predicted molar refractivity (Wildman–Crippen MR) is 94.7 cm³/mol. The number of fused-ring (bicyclic) bond motifs is 1. The number of hydrogen-bond acceptors (Lipinski definition) is 6. The molecule has 1 N–H and O–H groups in total. The van der Waals surface area contributed by atoms with E-state index in [-0.39, 0.29) is 12.6 Å². The minimum absolute atomic E-state index is 0.0782. The number of hydrogen-bond donors (Lipinski definition) is 1. The topological polar surface area (TPSA) is 76.3 Å². The molecule has 3 heterocycles. The van der Waals surface area contributed by atoms with Gasteiger partial charge >= 0.3 is 0 Å². The molecule has 0 bridgehead atoms. The van der Waals surface area contributed by atoms with Crippen molar-refractivity contribution in [2.45, 2.75) is 25.5 Å². The third kappa shape index (κ3) is 3.02. The van der Waals surface area contributed by atoms with E-state index in [0.717, 1.165) is 48.3 Å². The molecule has 1 unspecified atom stereocenters. The molecule has 1 aliphatic heterocycles. The summed E-state index contributed by atoms with van der Waals surface area (Å²) in [4.78, 5) is 6.84. The number of piperidine rings is 1. The number of ether oxygens (including phenoxy) is 1. The summed E-state index contributed by atoms with van der Waals surface area (Å²) in [6, 6.07) is 8.27. The Bertz CT molecular complexity index is 879. The molecule has 0 saturated carbocycles. The average molecular weight is 339 g/mol. The van der Waals surface area contributed by atoms with Crippen LogP contribution in [-0.4, -0.2) is 45.3 Å². The van der Waals surface area contributed by atoms with Gasteiger partial charge in [0.2, 0.25) is 0 Å². The highest BCUT2D eigenvalue weighted by molar-refractivity contribution is 5.92. The van der Waals surface area contributed by atoms with Gasteiger partial charge in [-0.3, -0.25) is 4.98 Å². The monoisotopic (exact) mass is 339 g/mol. The first-order chi connectivity index (χ1) is 12.3. The van der Waals surface area contributed by atoms with Crippen molar-refractivity contribution in [3.05, 3.63) is 42.4 Å². The first-order valence-electron chi connectivity index (χ1n) is 8.48. The molecule has 1 aromatic carbocycles.